The number of pyridine rings is 1. The summed E-state index contributed by atoms with van der Waals surface area (Å²) in [6.45, 7) is 0.637. The lowest BCUT2D eigenvalue weighted by molar-refractivity contribution is 0.0956. The first kappa shape index (κ1) is 24.2. The molecule has 4 rings (SSSR count). The van der Waals surface area contributed by atoms with Gasteiger partial charge in [0.15, 0.2) is 5.82 Å². The van der Waals surface area contributed by atoms with Gasteiger partial charge in [-0.1, -0.05) is 0 Å². The van der Waals surface area contributed by atoms with Gasteiger partial charge in [-0.25, -0.2) is 26.6 Å². The topological polar surface area (TPSA) is 99.5 Å². The minimum absolute atomic E-state index is 0.116. The van der Waals surface area contributed by atoms with Crippen molar-refractivity contribution in [3.05, 3.63) is 83.9 Å². The number of halogens is 3. The number of carbonyl (C=O) groups excluding carboxylic acids is 1. The third kappa shape index (κ3) is 4.98. The number of sulfonamides is 1. The lowest BCUT2D eigenvalue weighted by atomic mass is 10.1. The number of nitrogens with zero attached hydrogens (tertiary/aromatic N) is 2. The number of benzene rings is 2. The van der Waals surface area contributed by atoms with Crippen LogP contribution >= 0.6 is 0 Å². The van der Waals surface area contributed by atoms with Crippen LogP contribution in [0.25, 0.3) is 11.0 Å². The van der Waals surface area contributed by atoms with Crippen LogP contribution < -0.4 is 9.46 Å². The highest BCUT2D eigenvalue weighted by Crippen LogP contribution is 2.27. The van der Waals surface area contributed by atoms with Crippen LogP contribution in [0.5, 0.6) is 5.75 Å². The zero-order chi connectivity index (χ0) is 25.2. The first-order valence-corrected chi connectivity index (χ1v) is 11.6. The minimum Gasteiger partial charge on any atom is -0.490 e. The van der Waals surface area contributed by atoms with Crippen molar-refractivity contribution in [2.24, 2.45) is 0 Å². The van der Waals surface area contributed by atoms with Gasteiger partial charge in [-0.15, -0.1) is 0 Å². The van der Waals surface area contributed by atoms with Crippen molar-refractivity contribution in [3.8, 4) is 5.75 Å². The number of anilines is 1. The van der Waals surface area contributed by atoms with E-state index in [2.05, 4.69) is 4.98 Å². The Morgan fingerprint density at radius 1 is 1.06 bits per heavy atom. The van der Waals surface area contributed by atoms with Crippen LogP contribution in [0.4, 0.5) is 18.9 Å². The Hall–Kier alpha value is -3.90. The average Bonchev–Trinajstić information content (AvgIpc) is 3.25. The molecule has 0 aliphatic rings. The molecule has 182 valence electrons. The molecule has 0 fully saturated rings. The molecule has 8 nitrogen and oxygen atoms in total. The normalized spacial score (nSPS) is 11.5. The Balaban J connectivity index is 1.66. The van der Waals surface area contributed by atoms with E-state index in [4.69, 9.17) is 9.47 Å². The van der Waals surface area contributed by atoms with Gasteiger partial charge in [0.2, 0.25) is 0 Å². The van der Waals surface area contributed by atoms with Crippen molar-refractivity contribution < 1.29 is 35.9 Å². The van der Waals surface area contributed by atoms with Gasteiger partial charge in [-0.3, -0.25) is 14.1 Å². The highest BCUT2D eigenvalue weighted by atomic mass is 32.2. The van der Waals surface area contributed by atoms with E-state index in [1.807, 2.05) is 4.72 Å². The van der Waals surface area contributed by atoms with Crippen molar-refractivity contribution in [1.29, 1.82) is 0 Å². The van der Waals surface area contributed by atoms with Crippen molar-refractivity contribution >= 4 is 32.7 Å². The first-order chi connectivity index (χ1) is 16.7. The number of fused-ring (bicyclic) bond motifs is 1. The summed E-state index contributed by atoms with van der Waals surface area (Å²) in [6.07, 6.45) is 2.63. The molecule has 0 aliphatic heterocycles. The van der Waals surface area contributed by atoms with E-state index >= 15 is 4.39 Å². The average molecular weight is 505 g/mol. The van der Waals surface area contributed by atoms with Crippen LogP contribution in [-0.4, -0.2) is 44.2 Å². The van der Waals surface area contributed by atoms with Crippen LogP contribution in [-0.2, 0) is 14.8 Å². The third-order valence-electron chi connectivity index (χ3n) is 4.95. The zero-order valence-corrected chi connectivity index (χ0v) is 19.0. The Morgan fingerprint density at radius 3 is 2.51 bits per heavy atom. The number of ether oxygens (including phenoxy) is 2. The monoisotopic (exact) mass is 505 g/mol. The molecule has 0 radical (unpaired) electrons. The van der Waals surface area contributed by atoms with Crippen molar-refractivity contribution in [2.75, 3.05) is 25.0 Å². The second-order valence-corrected chi connectivity index (χ2v) is 8.94. The highest BCUT2D eigenvalue weighted by molar-refractivity contribution is 7.92. The summed E-state index contributed by atoms with van der Waals surface area (Å²) >= 11 is 0. The quantitative estimate of drug-likeness (QED) is 0.364. The number of methoxy groups -OCH3 is 1. The van der Waals surface area contributed by atoms with E-state index in [0.717, 1.165) is 41.0 Å². The molecule has 0 bridgehead atoms. The summed E-state index contributed by atoms with van der Waals surface area (Å²) in [5.74, 6) is -3.96. The van der Waals surface area contributed by atoms with Crippen LogP contribution in [0.3, 0.4) is 0 Å². The van der Waals surface area contributed by atoms with Crippen LogP contribution in [0.1, 0.15) is 10.4 Å². The minimum atomic E-state index is -4.34. The van der Waals surface area contributed by atoms with Gasteiger partial charge in [-0.05, 0) is 48.5 Å². The number of carbonyl (C=O) groups is 1. The maximum absolute atomic E-state index is 15.2. The molecule has 0 amide bonds. The smallest absolute Gasteiger partial charge is 0.269 e. The molecule has 2 aromatic heterocycles. The molecular formula is C23H18F3N3O5S. The second-order valence-electron chi connectivity index (χ2n) is 7.26. The third-order valence-corrected chi connectivity index (χ3v) is 6.33. The van der Waals surface area contributed by atoms with Gasteiger partial charge in [0.25, 0.3) is 15.9 Å². The Kier molecular flexibility index (Phi) is 6.76. The molecular weight excluding hydrogens is 487 g/mol. The highest BCUT2D eigenvalue weighted by Gasteiger charge is 2.26. The largest absolute Gasteiger partial charge is 0.490 e. The molecule has 0 unspecified atom stereocenters. The molecule has 12 heteroatoms. The SMILES string of the molecule is COCCOc1cnc2c(ccn2C(=O)c2c(F)ccc(NS(=O)(=O)c3ccc(F)cc3)c2F)c1. The van der Waals surface area contributed by atoms with Crippen molar-refractivity contribution in [2.45, 2.75) is 4.90 Å². The van der Waals surface area contributed by atoms with E-state index in [1.165, 1.54) is 25.6 Å². The summed E-state index contributed by atoms with van der Waals surface area (Å²) in [5, 5.41) is 0.474. The fraction of sp³-hybridized carbons (Fsp3) is 0.130. The maximum atomic E-state index is 15.2. The molecule has 2 aromatic carbocycles. The van der Waals surface area contributed by atoms with Gasteiger partial charge >= 0.3 is 0 Å². The fourth-order valence-electron chi connectivity index (χ4n) is 3.25. The molecule has 35 heavy (non-hydrogen) atoms. The molecule has 0 saturated carbocycles. The van der Waals surface area contributed by atoms with E-state index in [0.29, 0.717) is 17.7 Å². The summed E-state index contributed by atoms with van der Waals surface area (Å²) in [6, 6.07) is 8.53. The van der Waals surface area contributed by atoms with Crippen molar-refractivity contribution in [1.82, 2.24) is 9.55 Å². The second kappa shape index (κ2) is 9.76. The van der Waals surface area contributed by atoms with Crippen molar-refractivity contribution in [3.63, 3.8) is 0 Å². The lowest BCUT2D eigenvalue weighted by Crippen LogP contribution is -2.19. The molecule has 0 atom stereocenters. The van der Waals surface area contributed by atoms with Gasteiger partial charge in [0, 0.05) is 18.7 Å². The number of nitrogens with one attached hydrogen (secondary N) is 1. The molecule has 1 N–H and O–H groups in total. The van der Waals surface area contributed by atoms with Crippen LogP contribution in [0.15, 0.2) is 65.8 Å². The van der Waals surface area contributed by atoms with E-state index in [1.54, 1.807) is 6.07 Å². The number of aromatic nitrogens is 2. The van der Waals surface area contributed by atoms with E-state index in [9.17, 15) is 22.0 Å². The Labute approximate surface area is 198 Å². The fourth-order valence-corrected chi connectivity index (χ4v) is 4.31. The summed E-state index contributed by atoms with van der Waals surface area (Å²) in [7, 11) is -2.82. The Morgan fingerprint density at radius 2 is 1.80 bits per heavy atom. The molecule has 0 spiro atoms. The first-order valence-electron chi connectivity index (χ1n) is 10.1. The predicted octanol–water partition coefficient (Wildman–Crippen LogP) is 3.97. The molecule has 2 heterocycles. The maximum Gasteiger partial charge on any atom is 0.269 e. The lowest BCUT2D eigenvalue weighted by Gasteiger charge is -2.12. The molecule has 0 saturated heterocycles. The van der Waals surface area contributed by atoms with E-state index in [-0.39, 0.29) is 17.1 Å². The van der Waals surface area contributed by atoms with Gasteiger partial charge in [-0.2, -0.15) is 0 Å². The number of hydrogen-bond acceptors (Lipinski definition) is 6. The molecule has 4 aromatic rings. The van der Waals surface area contributed by atoms with E-state index < -0.39 is 44.6 Å². The summed E-state index contributed by atoms with van der Waals surface area (Å²) in [5.41, 5.74) is -1.52. The van der Waals surface area contributed by atoms with Gasteiger partial charge < -0.3 is 9.47 Å². The van der Waals surface area contributed by atoms with Crippen LogP contribution in [0, 0.1) is 17.5 Å². The van der Waals surface area contributed by atoms with Gasteiger partial charge in [0.1, 0.15) is 35.2 Å². The van der Waals surface area contributed by atoms with Crippen LogP contribution in [0.2, 0.25) is 0 Å². The summed E-state index contributed by atoms with van der Waals surface area (Å²) < 4.78 is 81.3. The summed E-state index contributed by atoms with van der Waals surface area (Å²) in [4.78, 5) is 16.9. The number of rotatable bonds is 8. The standard InChI is InChI=1S/C23H18F3N3O5S/c1-33-10-11-34-16-12-14-8-9-29(22(14)27-13-16)23(30)20-18(25)6-7-19(21(20)26)28-35(31,32)17-4-2-15(24)3-5-17/h2-9,12-13,28H,10-11H2,1H3. The number of hydrogen-bond donors (Lipinski definition) is 1. The van der Waals surface area contributed by atoms with Gasteiger partial charge in [0.05, 0.1) is 23.4 Å². The molecule has 0 aliphatic carbocycles. The zero-order valence-electron chi connectivity index (χ0n) is 18.2. The Bertz CT molecular complexity index is 1510. The predicted molar refractivity (Wildman–Crippen MR) is 120 cm³/mol.